The van der Waals surface area contributed by atoms with Gasteiger partial charge >= 0.3 is 0 Å². The van der Waals surface area contributed by atoms with E-state index in [9.17, 15) is 0 Å². The minimum atomic E-state index is 0.291. The number of unbranched alkanes of at least 4 members (excludes halogenated alkanes) is 1. The van der Waals surface area contributed by atoms with Crippen molar-refractivity contribution in [3.63, 3.8) is 0 Å². The first-order valence-corrected chi connectivity index (χ1v) is 8.61. The summed E-state index contributed by atoms with van der Waals surface area (Å²) in [6.07, 6.45) is 6.72. The molecule has 120 valence electrons. The van der Waals surface area contributed by atoms with Crippen LogP contribution in [0.15, 0.2) is 0 Å². The third-order valence-electron chi connectivity index (χ3n) is 4.46. The van der Waals surface area contributed by atoms with Crippen LogP contribution in [0.1, 0.15) is 56.7 Å². The Hall–Kier alpha value is -0.580. The lowest BCUT2D eigenvalue weighted by Crippen LogP contribution is -2.29. The van der Waals surface area contributed by atoms with Crippen LogP contribution >= 0.6 is 11.6 Å². The number of aryl methyl sites for hydroxylation is 2. The second kappa shape index (κ2) is 8.16. The third kappa shape index (κ3) is 4.21. The quantitative estimate of drug-likeness (QED) is 0.800. The number of likely N-dealkylation sites (tertiary alicyclic amines) is 1. The molecule has 2 heterocycles. The molecule has 1 fully saturated rings. The van der Waals surface area contributed by atoms with Gasteiger partial charge in [0.2, 0.25) is 0 Å². The van der Waals surface area contributed by atoms with Gasteiger partial charge in [0, 0.05) is 31.3 Å². The predicted octanol–water partition coefficient (Wildman–Crippen LogP) is 3.38. The standard InChI is InChI=1S/C16H28ClN3O/c1-3-4-10-20-16(17)15(13(2)18-20)12-19-9-5-7-14(19)8-6-11-21/h14,21H,3-12H2,1-2H3. The van der Waals surface area contributed by atoms with Crippen molar-refractivity contribution in [3.8, 4) is 0 Å². The monoisotopic (exact) mass is 313 g/mol. The molecule has 2 rings (SSSR count). The van der Waals surface area contributed by atoms with Gasteiger partial charge in [-0.1, -0.05) is 24.9 Å². The largest absolute Gasteiger partial charge is 0.396 e. The smallest absolute Gasteiger partial charge is 0.131 e. The number of rotatable bonds is 8. The van der Waals surface area contributed by atoms with Crippen molar-refractivity contribution in [2.75, 3.05) is 13.2 Å². The minimum Gasteiger partial charge on any atom is -0.396 e. The van der Waals surface area contributed by atoms with Gasteiger partial charge in [-0.2, -0.15) is 5.10 Å². The van der Waals surface area contributed by atoms with Crippen molar-refractivity contribution < 1.29 is 5.11 Å². The molecule has 1 atom stereocenters. The molecule has 5 heteroatoms. The summed E-state index contributed by atoms with van der Waals surface area (Å²) in [7, 11) is 0. The molecule has 0 aliphatic carbocycles. The summed E-state index contributed by atoms with van der Waals surface area (Å²) in [6, 6.07) is 0.589. The van der Waals surface area contributed by atoms with Crippen LogP contribution in [-0.4, -0.2) is 39.0 Å². The molecule has 1 aliphatic heterocycles. The molecule has 1 N–H and O–H groups in total. The zero-order valence-electron chi connectivity index (χ0n) is 13.3. The van der Waals surface area contributed by atoms with Crippen LogP contribution in [0.5, 0.6) is 0 Å². The summed E-state index contributed by atoms with van der Waals surface area (Å²) in [4.78, 5) is 2.51. The molecule has 0 radical (unpaired) electrons. The Bertz CT molecular complexity index is 447. The highest BCUT2D eigenvalue weighted by molar-refractivity contribution is 6.30. The molecule has 0 saturated carbocycles. The molecule has 0 bridgehead atoms. The van der Waals surface area contributed by atoms with Crippen molar-refractivity contribution >= 4 is 11.6 Å². The van der Waals surface area contributed by atoms with Crippen molar-refractivity contribution in [3.05, 3.63) is 16.4 Å². The van der Waals surface area contributed by atoms with Crippen LogP contribution in [0.25, 0.3) is 0 Å². The average molecular weight is 314 g/mol. The Morgan fingerprint density at radius 3 is 2.90 bits per heavy atom. The van der Waals surface area contributed by atoms with E-state index in [2.05, 4.69) is 23.8 Å². The lowest BCUT2D eigenvalue weighted by atomic mass is 10.1. The number of halogens is 1. The number of hydrogen-bond donors (Lipinski definition) is 1. The normalized spacial score (nSPS) is 19.5. The Labute approximate surface area is 133 Å². The Balaban J connectivity index is 2.03. The second-order valence-electron chi connectivity index (χ2n) is 6.06. The minimum absolute atomic E-state index is 0.291. The zero-order valence-corrected chi connectivity index (χ0v) is 14.1. The summed E-state index contributed by atoms with van der Waals surface area (Å²) in [5.41, 5.74) is 2.24. The van der Waals surface area contributed by atoms with Gasteiger partial charge in [0.05, 0.1) is 5.69 Å². The van der Waals surface area contributed by atoms with Gasteiger partial charge in [0.25, 0.3) is 0 Å². The molecule has 1 aromatic rings. The van der Waals surface area contributed by atoms with Gasteiger partial charge in [-0.05, 0) is 45.6 Å². The number of aromatic nitrogens is 2. The van der Waals surface area contributed by atoms with E-state index >= 15 is 0 Å². The van der Waals surface area contributed by atoms with Crippen LogP contribution < -0.4 is 0 Å². The fourth-order valence-corrected chi connectivity index (χ4v) is 3.51. The fourth-order valence-electron chi connectivity index (χ4n) is 3.19. The van der Waals surface area contributed by atoms with E-state index in [4.69, 9.17) is 16.7 Å². The zero-order chi connectivity index (χ0) is 15.2. The van der Waals surface area contributed by atoms with Crippen molar-refractivity contribution in [1.29, 1.82) is 0 Å². The Kier molecular flexibility index (Phi) is 6.52. The van der Waals surface area contributed by atoms with Crippen LogP contribution in [0.4, 0.5) is 0 Å². The molecule has 21 heavy (non-hydrogen) atoms. The average Bonchev–Trinajstić information content (AvgIpc) is 3.02. The van der Waals surface area contributed by atoms with Gasteiger partial charge in [-0.15, -0.1) is 0 Å². The molecule has 0 spiro atoms. The summed E-state index contributed by atoms with van der Waals surface area (Å²) in [6.45, 7) is 7.46. The number of aliphatic hydroxyl groups is 1. The number of aliphatic hydroxyl groups excluding tert-OH is 1. The second-order valence-corrected chi connectivity index (χ2v) is 6.42. The third-order valence-corrected chi connectivity index (χ3v) is 4.89. The maximum Gasteiger partial charge on any atom is 0.131 e. The van der Waals surface area contributed by atoms with Crippen LogP contribution in [0, 0.1) is 6.92 Å². The van der Waals surface area contributed by atoms with Crippen LogP contribution in [0.2, 0.25) is 5.15 Å². The van der Waals surface area contributed by atoms with E-state index in [0.29, 0.717) is 12.6 Å². The molecular formula is C16H28ClN3O. The van der Waals surface area contributed by atoms with Gasteiger partial charge in [0.1, 0.15) is 5.15 Å². The van der Waals surface area contributed by atoms with E-state index < -0.39 is 0 Å². The highest BCUT2D eigenvalue weighted by Crippen LogP contribution is 2.28. The molecule has 1 aromatic heterocycles. The summed E-state index contributed by atoms with van der Waals surface area (Å²) < 4.78 is 1.95. The van der Waals surface area contributed by atoms with E-state index in [1.54, 1.807) is 0 Å². The van der Waals surface area contributed by atoms with Gasteiger partial charge in [-0.3, -0.25) is 9.58 Å². The SMILES string of the molecule is CCCCn1nc(C)c(CN2CCCC2CCCO)c1Cl. The summed E-state index contributed by atoms with van der Waals surface area (Å²) in [5, 5.41) is 14.4. The molecule has 0 amide bonds. The van der Waals surface area contributed by atoms with E-state index in [1.807, 2.05) is 4.68 Å². The molecule has 4 nitrogen and oxygen atoms in total. The van der Waals surface area contributed by atoms with E-state index in [1.165, 1.54) is 18.4 Å². The van der Waals surface area contributed by atoms with Crippen LogP contribution in [0.3, 0.4) is 0 Å². The maximum absolute atomic E-state index is 9.02. The first kappa shape index (κ1) is 16.8. The van der Waals surface area contributed by atoms with Crippen LogP contribution in [-0.2, 0) is 13.1 Å². The highest BCUT2D eigenvalue weighted by Gasteiger charge is 2.26. The molecule has 1 aliphatic rings. The van der Waals surface area contributed by atoms with E-state index in [-0.39, 0.29) is 0 Å². The predicted molar refractivity (Wildman–Crippen MR) is 86.6 cm³/mol. The first-order chi connectivity index (χ1) is 10.2. The molecule has 0 aromatic carbocycles. The molecule has 1 unspecified atom stereocenters. The van der Waals surface area contributed by atoms with E-state index in [0.717, 1.165) is 56.2 Å². The Morgan fingerprint density at radius 2 is 2.19 bits per heavy atom. The molecular weight excluding hydrogens is 286 g/mol. The summed E-state index contributed by atoms with van der Waals surface area (Å²) >= 11 is 6.53. The number of hydrogen-bond acceptors (Lipinski definition) is 3. The molecule has 1 saturated heterocycles. The fraction of sp³-hybridized carbons (Fsp3) is 0.812. The Morgan fingerprint density at radius 1 is 1.38 bits per heavy atom. The van der Waals surface area contributed by atoms with Crippen molar-refractivity contribution in [2.45, 2.75) is 71.5 Å². The first-order valence-electron chi connectivity index (χ1n) is 8.24. The van der Waals surface area contributed by atoms with Crippen molar-refractivity contribution in [1.82, 2.24) is 14.7 Å². The lowest BCUT2D eigenvalue weighted by molar-refractivity contribution is 0.210. The summed E-state index contributed by atoms with van der Waals surface area (Å²) in [5.74, 6) is 0. The van der Waals surface area contributed by atoms with Crippen molar-refractivity contribution in [2.24, 2.45) is 0 Å². The number of nitrogens with zero attached hydrogens (tertiary/aromatic N) is 3. The lowest BCUT2D eigenvalue weighted by Gasteiger charge is -2.24. The topological polar surface area (TPSA) is 41.3 Å². The van der Waals surface area contributed by atoms with Gasteiger partial charge in [-0.25, -0.2) is 0 Å². The maximum atomic E-state index is 9.02. The van der Waals surface area contributed by atoms with Gasteiger partial charge in [0.15, 0.2) is 0 Å². The van der Waals surface area contributed by atoms with Gasteiger partial charge < -0.3 is 5.11 Å². The highest BCUT2D eigenvalue weighted by atomic mass is 35.5.